The zero-order valence-electron chi connectivity index (χ0n) is 12.0. The van der Waals surface area contributed by atoms with Crippen LogP contribution in [0.2, 0.25) is 0 Å². The van der Waals surface area contributed by atoms with Crippen LogP contribution in [-0.2, 0) is 0 Å². The Balaban J connectivity index is 1.73. The van der Waals surface area contributed by atoms with Crippen LogP contribution in [0, 0.1) is 0 Å². The Morgan fingerprint density at radius 3 is 1.95 bits per heavy atom. The van der Waals surface area contributed by atoms with Gasteiger partial charge in [-0.1, -0.05) is 42.5 Å². The summed E-state index contributed by atoms with van der Waals surface area (Å²) < 4.78 is 0. The normalized spacial score (nSPS) is 10.2. The van der Waals surface area contributed by atoms with E-state index >= 15 is 0 Å². The average Bonchev–Trinajstić information content (AvgIpc) is 2.57. The van der Waals surface area contributed by atoms with Gasteiger partial charge in [-0.05, 0) is 47.5 Å². The van der Waals surface area contributed by atoms with E-state index in [2.05, 4.69) is 17.4 Å². The summed E-state index contributed by atoms with van der Waals surface area (Å²) in [4.78, 5) is 12.1. The van der Waals surface area contributed by atoms with Crippen molar-refractivity contribution in [2.45, 2.75) is 0 Å². The predicted molar refractivity (Wildman–Crippen MR) is 90.7 cm³/mol. The lowest BCUT2D eigenvalue weighted by molar-refractivity contribution is 0.102. The minimum absolute atomic E-state index is 0.146. The molecule has 0 aliphatic carbocycles. The first-order valence-electron chi connectivity index (χ1n) is 7.05. The van der Waals surface area contributed by atoms with Crippen molar-refractivity contribution >= 4 is 17.3 Å². The van der Waals surface area contributed by atoms with E-state index in [-0.39, 0.29) is 5.91 Å². The molecule has 3 N–H and O–H groups in total. The SMILES string of the molecule is Nc1ccc(C(=O)Nc2ccc(-c3ccccc3)cc2)cc1. The smallest absolute Gasteiger partial charge is 0.255 e. The van der Waals surface area contributed by atoms with E-state index in [1.54, 1.807) is 24.3 Å². The van der Waals surface area contributed by atoms with Crippen molar-refractivity contribution in [3.63, 3.8) is 0 Å². The maximum absolute atomic E-state index is 12.1. The van der Waals surface area contributed by atoms with Gasteiger partial charge in [-0.2, -0.15) is 0 Å². The second-order valence-electron chi connectivity index (χ2n) is 5.02. The van der Waals surface area contributed by atoms with Crippen molar-refractivity contribution < 1.29 is 4.79 Å². The van der Waals surface area contributed by atoms with Gasteiger partial charge in [0.25, 0.3) is 5.91 Å². The second kappa shape index (κ2) is 6.14. The number of benzene rings is 3. The fourth-order valence-corrected chi connectivity index (χ4v) is 2.21. The summed E-state index contributed by atoms with van der Waals surface area (Å²) in [6.45, 7) is 0. The first kappa shape index (κ1) is 13.9. The number of hydrogen-bond donors (Lipinski definition) is 2. The highest BCUT2D eigenvalue weighted by Gasteiger charge is 2.05. The Kier molecular flexibility index (Phi) is 3.88. The van der Waals surface area contributed by atoms with Crippen LogP contribution in [0.1, 0.15) is 10.4 Å². The molecule has 0 bridgehead atoms. The second-order valence-corrected chi connectivity index (χ2v) is 5.02. The van der Waals surface area contributed by atoms with E-state index < -0.39 is 0 Å². The Morgan fingerprint density at radius 2 is 1.32 bits per heavy atom. The van der Waals surface area contributed by atoms with E-state index in [1.807, 2.05) is 42.5 Å². The molecule has 0 saturated heterocycles. The van der Waals surface area contributed by atoms with Crippen LogP contribution in [0.15, 0.2) is 78.9 Å². The monoisotopic (exact) mass is 288 g/mol. The number of amides is 1. The molecule has 0 saturated carbocycles. The highest BCUT2D eigenvalue weighted by atomic mass is 16.1. The van der Waals surface area contributed by atoms with E-state index in [4.69, 9.17) is 5.73 Å². The van der Waals surface area contributed by atoms with Crippen LogP contribution < -0.4 is 11.1 Å². The molecule has 0 spiro atoms. The molecule has 0 atom stereocenters. The van der Waals surface area contributed by atoms with Gasteiger partial charge in [0.05, 0.1) is 0 Å². The Labute approximate surface area is 129 Å². The van der Waals surface area contributed by atoms with Crippen LogP contribution in [0.25, 0.3) is 11.1 Å². The molecule has 0 aliphatic heterocycles. The fourth-order valence-electron chi connectivity index (χ4n) is 2.21. The molecule has 3 nitrogen and oxygen atoms in total. The van der Waals surface area contributed by atoms with Crippen molar-refractivity contribution in [2.75, 3.05) is 11.1 Å². The van der Waals surface area contributed by atoms with Crippen molar-refractivity contribution in [1.29, 1.82) is 0 Å². The van der Waals surface area contributed by atoms with Gasteiger partial charge >= 0.3 is 0 Å². The van der Waals surface area contributed by atoms with Crippen molar-refractivity contribution in [2.24, 2.45) is 0 Å². The van der Waals surface area contributed by atoms with Crippen LogP contribution in [-0.4, -0.2) is 5.91 Å². The van der Waals surface area contributed by atoms with E-state index in [0.29, 0.717) is 11.3 Å². The minimum Gasteiger partial charge on any atom is -0.399 e. The summed E-state index contributed by atoms with van der Waals surface area (Å²) >= 11 is 0. The number of nitrogens with two attached hydrogens (primary N) is 1. The molecule has 22 heavy (non-hydrogen) atoms. The average molecular weight is 288 g/mol. The standard InChI is InChI=1S/C19H16N2O/c20-17-10-6-16(7-11-17)19(22)21-18-12-8-15(9-13-18)14-4-2-1-3-5-14/h1-13H,20H2,(H,21,22). The van der Waals surface area contributed by atoms with Gasteiger partial charge in [0, 0.05) is 16.9 Å². The molecule has 0 fully saturated rings. The number of nitrogens with one attached hydrogen (secondary N) is 1. The first-order chi connectivity index (χ1) is 10.7. The molecular formula is C19H16N2O. The molecule has 0 radical (unpaired) electrons. The Bertz CT molecular complexity index is 763. The number of anilines is 2. The number of carbonyl (C=O) groups is 1. The maximum Gasteiger partial charge on any atom is 0.255 e. The van der Waals surface area contributed by atoms with Gasteiger partial charge in [-0.25, -0.2) is 0 Å². The summed E-state index contributed by atoms with van der Waals surface area (Å²) in [5.74, 6) is -0.146. The van der Waals surface area contributed by atoms with Crippen molar-refractivity contribution in [3.05, 3.63) is 84.4 Å². The summed E-state index contributed by atoms with van der Waals surface area (Å²) in [5.41, 5.74) is 9.88. The zero-order chi connectivity index (χ0) is 15.4. The van der Waals surface area contributed by atoms with Crippen molar-refractivity contribution in [1.82, 2.24) is 0 Å². The summed E-state index contributed by atoms with van der Waals surface area (Å²) in [5, 5.41) is 2.88. The minimum atomic E-state index is -0.146. The van der Waals surface area contributed by atoms with Crippen LogP contribution >= 0.6 is 0 Å². The molecule has 0 aromatic heterocycles. The van der Waals surface area contributed by atoms with Gasteiger partial charge in [-0.3, -0.25) is 4.79 Å². The Hall–Kier alpha value is -3.07. The van der Waals surface area contributed by atoms with Gasteiger partial charge in [0.1, 0.15) is 0 Å². The highest BCUT2D eigenvalue weighted by Crippen LogP contribution is 2.21. The molecule has 0 unspecified atom stereocenters. The predicted octanol–water partition coefficient (Wildman–Crippen LogP) is 4.19. The molecular weight excluding hydrogens is 272 g/mol. The van der Waals surface area contributed by atoms with E-state index in [9.17, 15) is 4.79 Å². The number of carbonyl (C=O) groups excluding carboxylic acids is 1. The summed E-state index contributed by atoms with van der Waals surface area (Å²) in [7, 11) is 0. The maximum atomic E-state index is 12.1. The van der Waals surface area contributed by atoms with Gasteiger partial charge in [0.2, 0.25) is 0 Å². The lowest BCUT2D eigenvalue weighted by atomic mass is 10.1. The topological polar surface area (TPSA) is 55.1 Å². The lowest BCUT2D eigenvalue weighted by Crippen LogP contribution is -2.11. The number of nitrogen functional groups attached to an aromatic ring is 1. The molecule has 3 rings (SSSR count). The largest absolute Gasteiger partial charge is 0.399 e. The molecule has 0 aliphatic rings. The van der Waals surface area contributed by atoms with E-state index in [0.717, 1.165) is 16.8 Å². The third-order valence-corrected chi connectivity index (χ3v) is 3.42. The summed E-state index contributed by atoms with van der Waals surface area (Å²) in [6.07, 6.45) is 0. The van der Waals surface area contributed by atoms with Gasteiger partial charge < -0.3 is 11.1 Å². The van der Waals surface area contributed by atoms with Crippen LogP contribution in [0.3, 0.4) is 0 Å². The van der Waals surface area contributed by atoms with E-state index in [1.165, 1.54) is 0 Å². The molecule has 3 aromatic carbocycles. The number of hydrogen-bond acceptors (Lipinski definition) is 2. The third kappa shape index (κ3) is 3.15. The van der Waals surface area contributed by atoms with Crippen molar-refractivity contribution in [3.8, 4) is 11.1 Å². The number of rotatable bonds is 3. The molecule has 3 heteroatoms. The first-order valence-corrected chi connectivity index (χ1v) is 7.05. The fraction of sp³-hybridized carbons (Fsp3) is 0. The molecule has 108 valence electrons. The molecule has 0 heterocycles. The van der Waals surface area contributed by atoms with Gasteiger partial charge in [-0.15, -0.1) is 0 Å². The third-order valence-electron chi connectivity index (χ3n) is 3.42. The van der Waals surface area contributed by atoms with Crippen LogP contribution in [0.4, 0.5) is 11.4 Å². The van der Waals surface area contributed by atoms with Gasteiger partial charge in [0.15, 0.2) is 0 Å². The highest BCUT2D eigenvalue weighted by molar-refractivity contribution is 6.04. The quantitative estimate of drug-likeness (QED) is 0.710. The zero-order valence-corrected chi connectivity index (χ0v) is 12.0. The summed E-state index contributed by atoms with van der Waals surface area (Å²) in [6, 6.07) is 24.8. The molecule has 1 amide bonds. The van der Waals surface area contributed by atoms with Crippen LogP contribution in [0.5, 0.6) is 0 Å². The Morgan fingerprint density at radius 1 is 0.727 bits per heavy atom. The lowest BCUT2D eigenvalue weighted by Gasteiger charge is -2.07. The molecule has 3 aromatic rings.